The first-order valence-corrected chi connectivity index (χ1v) is 9.47. The number of aliphatic imine (C=N–C) groups is 2. The molecular weight excluding hydrogens is 396 g/mol. The fourth-order valence-electron chi connectivity index (χ4n) is 3.77. The Balaban J connectivity index is 2.29. The van der Waals surface area contributed by atoms with E-state index in [2.05, 4.69) is 9.98 Å². The maximum absolute atomic E-state index is 11.3. The minimum Gasteiger partial charge on any atom is -0.481 e. The van der Waals surface area contributed by atoms with Gasteiger partial charge in [-0.05, 0) is 42.1 Å². The molecule has 0 saturated heterocycles. The number of carboxylic acids is 4. The molecule has 2 aliphatic rings. The normalized spacial score (nSPS) is 18.5. The van der Waals surface area contributed by atoms with Gasteiger partial charge in [0, 0.05) is 30.7 Å². The van der Waals surface area contributed by atoms with Gasteiger partial charge in [-0.15, -0.1) is 0 Å². The van der Waals surface area contributed by atoms with Crippen molar-refractivity contribution in [3.05, 3.63) is 22.3 Å². The van der Waals surface area contributed by atoms with Crippen molar-refractivity contribution in [2.45, 2.75) is 57.9 Å². The quantitative estimate of drug-likeness (QED) is 0.370. The molecule has 0 amide bonds. The third-order valence-corrected chi connectivity index (χ3v) is 5.10. The van der Waals surface area contributed by atoms with Crippen molar-refractivity contribution in [2.75, 3.05) is 6.54 Å². The molecule has 10 nitrogen and oxygen atoms in total. The van der Waals surface area contributed by atoms with Crippen LogP contribution < -0.4 is 0 Å². The van der Waals surface area contributed by atoms with Gasteiger partial charge in [-0.1, -0.05) is 0 Å². The van der Waals surface area contributed by atoms with Crippen LogP contribution in [0.5, 0.6) is 0 Å². The molecule has 10 heteroatoms. The zero-order chi connectivity index (χ0) is 22.4. The fourth-order valence-corrected chi connectivity index (χ4v) is 3.77. The molecular formula is C20H24N2O8. The van der Waals surface area contributed by atoms with Crippen LogP contribution in [0.15, 0.2) is 32.3 Å². The summed E-state index contributed by atoms with van der Waals surface area (Å²) in [6.07, 6.45) is -0.312. The Bertz CT molecular complexity index is 894. The first-order chi connectivity index (χ1) is 14.1. The van der Waals surface area contributed by atoms with E-state index in [0.29, 0.717) is 33.7 Å². The van der Waals surface area contributed by atoms with E-state index >= 15 is 0 Å². The van der Waals surface area contributed by atoms with Crippen LogP contribution in [0.1, 0.15) is 51.9 Å². The van der Waals surface area contributed by atoms with Crippen molar-refractivity contribution in [2.24, 2.45) is 9.98 Å². The van der Waals surface area contributed by atoms with Crippen molar-refractivity contribution < 1.29 is 39.6 Å². The standard InChI is InChI=1S/C20H24N2O8/c1-10-13(6-19(27)28)12(3-5-18(25)26)16(22-10)8-15-14(7-20(29)30)11(9-21-15)2-4-17(23)24/h16H,2-9H2,1H3,(H,23,24)(H,25,26)(H,27,28)(H,29,30)/t16-/m1/s1. The van der Waals surface area contributed by atoms with Gasteiger partial charge >= 0.3 is 23.9 Å². The Labute approximate surface area is 172 Å². The monoisotopic (exact) mass is 420 g/mol. The van der Waals surface area contributed by atoms with Crippen molar-refractivity contribution in [1.29, 1.82) is 0 Å². The molecule has 0 saturated carbocycles. The minimum absolute atomic E-state index is 0.130. The number of hydrogen-bond donors (Lipinski definition) is 4. The van der Waals surface area contributed by atoms with E-state index in [0.717, 1.165) is 0 Å². The van der Waals surface area contributed by atoms with Crippen LogP contribution in [-0.4, -0.2) is 68.3 Å². The molecule has 0 bridgehead atoms. The Morgan fingerprint density at radius 3 is 2.00 bits per heavy atom. The van der Waals surface area contributed by atoms with Gasteiger partial charge < -0.3 is 20.4 Å². The molecule has 1 atom stereocenters. The summed E-state index contributed by atoms with van der Waals surface area (Å²) in [6.45, 7) is 1.89. The Hall–Kier alpha value is -3.30. The molecule has 0 aliphatic carbocycles. The van der Waals surface area contributed by atoms with E-state index in [4.69, 9.17) is 10.2 Å². The van der Waals surface area contributed by atoms with Gasteiger partial charge in [-0.25, -0.2) is 0 Å². The Morgan fingerprint density at radius 1 is 0.867 bits per heavy atom. The molecule has 4 N–H and O–H groups in total. The van der Waals surface area contributed by atoms with Gasteiger partial charge in [-0.2, -0.15) is 0 Å². The number of nitrogens with zero attached hydrogens (tertiary/aromatic N) is 2. The van der Waals surface area contributed by atoms with Crippen molar-refractivity contribution >= 4 is 35.3 Å². The average molecular weight is 420 g/mol. The highest BCUT2D eigenvalue weighted by Gasteiger charge is 2.31. The molecule has 2 heterocycles. The summed E-state index contributed by atoms with van der Waals surface area (Å²) >= 11 is 0. The molecule has 0 aromatic heterocycles. The second-order valence-electron chi connectivity index (χ2n) is 7.21. The van der Waals surface area contributed by atoms with Crippen LogP contribution >= 0.6 is 0 Å². The number of aliphatic carboxylic acids is 4. The predicted molar refractivity (Wildman–Crippen MR) is 106 cm³/mol. The third-order valence-electron chi connectivity index (χ3n) is 5.10. The zero-order valence-electron chi connectivity index (χ0n) is 16.6. The number of carbonyl (C=O) groups is 4. The molecule has 162 valence electrons. The molecule has 0 aromatic carbocycles. The van der Waals surface area contributed by atoms with E-state index in [1.54, 1.807) is 6.92 Å². The van der Waals surface area contributed by atoms with Gasteiger partial charge in [0.2, 0.25) is 0 Å². The first-order valence-electron chi connectivity index (χ1n) is 9.47. The van der Waals surface area contributed by atoms with E-state index in [9.17, 15) is 29.4 Å². The van der Waals surface area contributed by atoms with E-state index < -0.39 is 29.9 Å². The molecule has 0 unspecified atom stereocenters. The lowest BCUT2D eigenvalue weighted by Crippen LogP contribution is -2.17. The second kappa shape index (κ2) is 9.95. The highest BCUT2D eigenvalue weighted by molar-refractivity contribution is 6.08. The van der Waals surface area contributed by atoms with E-state index in [1.165, 1.54) is 0 Å². The van der Waals surface area contributed by atoms with Crippen LogP contribution in [0, 0.1) is 0 Å². The highest BCUT2D eigenvalue weighted by Crippen LogP contribution is 2.33. The number of rotatable bonds is 12. The maximum atomic E-state index is 11.3. The van der Waals surface area contributed by atoms with Crippen LogP contribution in [0.3, 0.4) is 0 Å². The molecule has 0 spiro atoms. The first kappa shape index (κ1) is 23.0. The van der Waals surface area contributed by atoms with Crippen LogP contribution in [0.4, 0.5) is 0 Å². The molecule has 0 radical (unpaired) electrons. The van der Waals surface area contributed by atoms with E-state index in [-0.39, 0.29) is 51.5 Å². The van der Waals surface area contributed by atoms with E-state index in [1.807, 2.05) is 0 Å². The Morgan fingerprint density at radius 2 is 1.43 bits per heavy atom. The summed E-state index contributed by atoms with van der Waals surface area (Å²) in [4.78, 5) is 53.4. The van der Waals surface area contributed by atoms with Gasteiger partial charge in [0.25, 0.3) is 0 Å². The summed E-state index contributed by atoms with van der Waals surface area (Å²) in [5.74, 6) is -4.11. The minimum atomic E-state index is -1.06. The van der Waals surface area contributed by atoms with Crippen LogP contribution in [0.25, 0.3) is 0 Å². The number of hydrogen-bond acceptors (Lipinski definition) is 6. The van der Waals surface area contributed by atoms with Crippen LogP contribution in [0.2, 0.25) is 0 Å². The fraction of sp³-hybridized carbons (Fsp3) is 0.500. The van der Waals surface area contributed by atoms with Crippen molar-refractivity contribution in [1.82, 2.24) is 0 Å². The smallest absolute Gasteiger partial charge is 0.307 e. The van der Waals surface area contributed by atoms with Crippen molar-refractivity contribution in [3.8, 4) is 0 Å². The highest BCUT2D eigenvalue weighted by atomic mass is 16.4. The molecule has 0 fully saturated rings. The summed E-state index contributed by atoms with van der Waals surface area (Å²) in [6, 6.07) is -0.514. The van der Waals surface area contributed by atoms with Gasteiger partial charge in [0.1, 0.15) is 0 Å². The molecule has 0 aromatic rings. The molecule has 2 aliphatic heterocycles. The lowest BCUT2D eigenvalue weighted by atomic mass is 9.90. The largest absolute Gasteiger partial charge is 0.481 e. The van der Waals surface area contributed by atoms with Crippen LogP contribution in [-0.2, 0) is 19.2 Å². The Kier molecular flexibility index (Phi) is 7.62. The molecule has 30 heavy (non-hydrogen) atoms. The van der Waals surface area contributed by atoms with Gasteiger partial charge in [0.05, 0.1) is 25.4 Å². The summed E-state index contributed by atoms with van der Waals surface area (Å²) in [5, 5.41) is 36.4. The van der Waals surface area contributed by atoms with Gasteiger partial charge in [0.15, 0.2) is 0 Å². The summed E-state index contributed by atoms with van der Waals surface area (Å²) < 4.78 is 0. The topological polar surface area (TPSA) is 174 Å². The molecule has 2 rings (SSSR count). The predicted octanol–water partition coefficient (Wildman–Crippen LogP) is 1.95. The average Bonchev–Trinajstić information content (AvgIpc) is 3.12. The van der Waals surface area contributed by atoms with Crippen molar-refractivity contribution in [3.63, 3.8) is 0 Å². The SMILES string of the molecule is CC1=N[C@H](CC2=NCC(CCC(=O)O)=C2CC(=O)O)C(CCC(=O)O)=C1CC(=O)O. The lowest BCUT2D eigenvalue weighted by Gasteiger charge is -2.15. The zero-order valence-corrected chi connectivity index (χ0v) is 16.6. The summed E-state index contributed by atoms with van der Waals surface area (Å²) in [7, 11) is 0. The summed E-state index contributed by atoms with van der Waals surface area (Å²) in [5.41, 5.74) is 3.30. The second-order valence-corrected chi connectivity index (χ2v) is 7.21. The number of carboxylic acid groups (broad SMARTS) is 4. The lowest BCUT2D eigenvalue weighted by molar-refractivity contribution is -0.138. The maximum Gasteiger partial charge on any atom is 0.307 e. The van der Waals surface area contributed by atoms with Gasteiger partial charge in [-0.3, -0.25) is 29.2 Å². The third kappa shape index (κ3) is 6.10.